The van der Waals surface area contributed by atoms with Crippen LogP contribution in [0, 0.1) is 0 Å². The quantitative estimate of drug-likeness (QED) is 0.189. The first-order chi connectivity index (χ1) is 20.1. The molecule has 0 aliphatic heterocycles. The van der Waals surface area contributed by atoms with E-state index in [2.05, 4.69) is 10.6 Å². The van der Waals surface area contributed by atoms with Crippen molar-refractivity contribution < 1.29 is 129 Å². The maximum atomic E-state index is 12.4. The minimum absolute atomic E-state index is 0. The third-order valence-electron chi connectivity index (χ3n) is 6.93. The van der Waals surface area contributed by atoms with Gasteiger partial charge in [-0.15, -0.1) is 0 Å². The summed E-state index contributed by atoms with van der Waals surface area (Å²) in [7, 11) is -9.68. The zero-order valence-corrected chi connectivity index (χ0v) is 31.7. The van der Waals surface area contributed by atoms with Crippen molar-refractivity contribution >= 4 is 64.5 Å². The molecular formula is C32H22K2N2O6S2. The molecule has 6 aromatic carbocycles. The number of hydrogen-bond donors (Lipinski definition) is 2. The van der Waals surface area contributed by atoms with Crippen LogP contribution in [0.5, 0.6) is 0 Å². The van der Waals surface area contributed by atoms with Crippen LogP contribution in [-0.4, -0.2) is 25.9 Å². The summed E-state index contributed by atoms with van der Waals surface area (Å²) in [6.45, 7) is 0. The van der Waals surface area contributed by atoms with Crippen LogP contribution < -0.4 is 113 Å². The third-order valence-corrected chi connectivity index (χ3v) is 8.72. The molecule has 2 N–H and O–H groups in total. The normalized spacial score (nSPS) is 11.4. The summed E-state index contributed by atoms with van der Waals surface area (Å²) in [6.07, 6.45) is 0. The number of benzene rings is 6. The molecule has 0 bridgehead atoms. The number of rotatable bonds is 7. The number of nitrogens with one attached hydrogen (secondary N) is 2. The third kappa shape index (κ3) is 7.40. The van der Waals surface area contributed by atoms with Crippen molar-refractivity contribution in [1.82, 2.24) is 0 Å². The van der Waals surface area contributed by atoms with Crippen LogP contribution >= 0.6 is 0 Å². The minimum atomic E-state index is -4.88. The van der Waals surface area contributed by atoms with E-state index >= 15 is 0 Å². The summed E-state index contributed by atoms with van der Waals surface area (Å²) in [5.41, 5.74) is 3.47. The molecule has 0 saturated heterocycles. The fraction of sp³-hybridized carbons (Fsp3) is 0. The van der Waals surface area contributed by atoms with Crippen LogP contribution in [0.2, 0.25) is 0 Å². The van der Waals surface area contributed by atoms with Gasteiger partial charge in [0.2, 0.25) is 0 Å². The Morgan fingerprint density at radius 2 is 0.955 bits per heavy atom. The summed E-state index contributed by atoms with van der Waals surface area (Å²) >= 11 is 0. The molecule has 0 saturated carbocycles. The van der Waals surface area contributed by atoms with E-state index < -0.39 is 25.1 Å². The number of anilines is 4. The first-order valence-electron chi connectivity index (χ1n) is 12.8. The molecule has 12 heteroatoms. The Bertz CT molecular complexity index is 2200. The van der Waals surface area contributed by atoms with Crippen LogP contribution in [0.25, 0.3) is 32.7 Å². The zero-order valence-electron chi connectivity index (χ0n) is 23.8. The molecule has 6 aromatic rings. The van der Waals surface area contributed by atoms with E-state index in [1.54, 1.807) is 36.4 Å². The first-order valence-corrected chi connectivity index (χ1v) is 15.6. The molecule has 210 valence electrons. The van der Waals surface area contributed by atoms with E-state index in [9.17, 15) is 25.9 Å². The van der Waals surface area contributed by atoms with E-state index in [1.165, 1.54) is 24.3 Å². The van der Waals surface area contributed by atoms with E-state index in [4.69, 9.17) is 0 Å². The van der Waals surface area contributed by atoms with Gasteiger partial charge in [-0.3, -0.25) is 0 Å². The van der Waals surface area contributed by atoms with Crippen molar-refractivity contribution in [3.8, 4) is 11.1 Å². The Morgan fingerprint density at radius 3 is 1.52 bits per heavy atom. The van der Waals surface area contributed by atoms with Crippen LogP contribution in [-0.2, 0) is 20.2 Å². The molecule has 0 aromatic heterocycles. The van der Waals surface area contributed by atoms with Gasteiger partial charge in [0.25, 0.3) is 0 Å². The summed E-state index contributed by atoms with van der Waals surface area (Å²) in [5, 5.41) is 8.10. The Hall–Kier alpha value is -1.47. The maximum absolute atomic E-state index is 12.4. The van der Waals surface area contributed by atoms with Gasteiger partial charge >= 0.3 is 103 Å². The van der Waals surface area contributed by atoms with Gasteiger partial charge < -0.3 is 19.7 Å². The summed E-state index contributed by atoms with van der Waals surface area (Å²) in [5.74, 6) is 0. The Morgan fingerprint density at radius 1 is 0.477 bits per heavy atom. The molecule has 0 unspecified atom stereocenters. The average Bonchev–Trinajstić information content (AvgIpc) is 2.97. The van der Waals surface area contributed by atoms with Gasteiger partial charge in [-0.05, 0) is 64.2 Å². The molecule has 0 heterocycles. The molecule has 8 nitrogen and oxygen atoms in total. The second-order valence-corrected chi connectivity index (χ2v) is 12.3. The molecule has 0 radical (unpaired) electrons. The van der Waals surface area contributed by atoms with Crippen molar-refractivity contribution in [2.75, 3.05) is 10.6 Å². The topological polar surface area (TPSA) is 138 Å². The van der Waals surface area contributed by atoms with E-state index in [0.29, 0.717) is 39.0 Å². The molecule has 0 atom stereocenters. The van der Waals surface area contributed by atoms with Crippen molar-refractivity contribution in [3.05, 3.63) is 121 Å². The van der Waals surface area contributed by atoms with Crippen molar-refractivity contribution in [3.63, 3.8) is 0 Å². The molecule has 6 rings (SSSR count). The maximum Gasteiger partial charge on any atom is 1.00 e. The fourth-order valence-electron chi connectivity index (χ4n) is 5.18. The van der Waals surface area contributed by atoms with Gasteiger partial charge in [0.1, 0.15) is 20.2 Å². The summed E-state index contributed by atoms with van der Waals surface area (Å²) in [4.78, 5) is -0.767. The Kier molecular flexibility index (Phi) is 11.7. The minimum Gasteiger partial charge on any atom is -0.744 e. The first kappa shape index (κ1) is 35.4. The average molecular weight is 673 g/mol. The van der Waals surface area contributed by atoms with Crippen LogP contribution in [0.4, 0.5) is 22.7 Å². The van der Waals surface area contributed by atoms with Crippen LogP contribution in [0.3, 0.4) is 0 Å². The second kappa shape index (κ2) is 14.5. The van der Waals surface area contributed by atoms with Crippen molar-refractivity contribution in [2.24, 2.45) is 0 Å². The summed E-state index contributed by atoms with van der Waals surface area (Å²) < 4.78 is 73.7. The van der Waals surface area contributed by atoms with Gasteiger partial charge in [0.15, 0.2) is 0 Å². The Balaban J connectivity index is 0.00000221. The number of hydrogen-bond acceptors (Lipinski definition) is 8. The smallest absolute Gasteiger partial charge is 0.744 e. The predicted molar refractivity (Wildman–Crippen MR) is 162 cm³/mol. The number of para-hydroxylation sites is 2. The fourth-order valence-corrected chi connectivity index (χ4v) is 6.56. The SMILES string of the molecule is O=S(=O)([O-])c1cccc2c(-c3c(Nc4ccccc4)c(Nc4ccccc4)cc4c(S(=O)(=O)[O-])cccc34)cccc12.[K+].[K+]. The molecule has 0 fully saturated rings. The van der Waals surface area contributed by atoms with Gasteiger partial charge in [-0.2, -0.15) is 0 Å². The van der Waals surface area contributed by atoms with Gasteiger partial charge in [-0.25, -0.2) is 16.8 Å². The van der Waals surface area contributed by atoms with Gasteiger partial charge in [0.05, 0.1) is 21.2 Å². The van der Waals surface area contributed by atoms with Crippen molar-refractivity contribution in [2.45, 2.75) is 9.79 Å². The molecule has 44 heavy (non-hydrogen) atoms. The van der Waals surface area contributed by atoms with Crippen molar-refractivity contribution in [1.29, 1.82) is 0 Å². The van der Waals surface area contributed by atoms with E-state index in [1.807, 2.05) is 60.7 Å². The molecule has 0 aliphatic rings. The molecule has 0 aliphatic carbocycles. The monoisotopic (exact) mass is 672 g/mol. The summed E-state index contributed by atoms with van der Waals surface area (Å²) in [6, 6.07) is 34.0. The zero-order chi connectivity index (χ0) is 29.5. The predicted octanol–water partition coefficient (Wildman–Crippen LogP) is 0.963. The Labute approximate surface area is 340 Å². The second-order valence-electron chi connectivity index (χ2n) is 9.57. The van der Waals surface area contributed by atoms with Crippen LogP contribution in [0.15, 0.2) is 131 Å². The molecular weight excluding hydrogens is 651 g/mol. The van der Waals surface area contributed by atoms with Gasteiger partial charge in [0, 0.05) is 22.3 Å². The number of fused-ring (bicyclic) bond motifs is 2. The van der Waals surface area contributed by atoms with E-state index in [-0.39, 0.29) is 118 Å². The molecule has 0 amide bonds. The van der Waals surface area contributed by atoms with E-state index in [0.717, 1.165) is 5.69 Å². The van der Waals surface area contributed by atoms with Crippen LogP contribution in [0.1, 0.15) is 0 Å². The molecule has 0 spiro atoms. The standard InChI is InChI=1S/C32H24N2O6S2.2K/c35-41(36,37)29-18-8-14-23-24(29)15-7-16-25(23)31-26-17-9-19-30(42(38,39)40)27(26)20-28(33-21-10-3-1-4-11-21)32(31)34-22-12-5-2-6-13-22;;/h1-20,33-34H,(H,35,36,37)(H,38,39,40);;/q;2*+1/p-2. The van der Waals surface area contributed by atoms with Gasteiger partial charge in [-0.1, -0.05) is 78.9 Å². The largest absolute Gasteiger partial charge is 1.00 e.